The van der Waals surface area contributed by atoms with Gasteiger partial charge in [0.2, 0.25) is 0 Å². The first-order chi connectivity index (χ1) is 15.3. The van der Waals surface area contributed by atoms with Crippen molar-refractivity contribution in [1.82, 2.24) is 0 Å². The first kappa shape index (κ1) is 21.4. The summed E-state index contributed by atoms with van der Waals surface area (Å²) in [5.74, 6) is -1.73. The van der Waals surface area contributed by atoms with E-state index in [9.17, 15) is 27.7 Å². The van der Waals surface area contributed by atoms with E-state index in [2.05, 4.69) is 5.32 Å². The molecular formula is C22H18FN3O5S. The molecule has 0 saturated heterocycles. The largest absolute Gasteiger partial charge is 0.322 e. The van der Waals surface area contributed by atoms with Crippen LogP contribution in [0.25, 0.3) is 0 Å². The van der Waals surface area contributed by atoms with Crippen LogP contribution in [0, 0.1) is 15.9 Å². The lowest BCUT2D eigenvalue weighted by Gasteiger charge is -2.30. The van der Waals surface area contributed by atoms with Crippen LogP contribution in [0.4, 0.5) is 21.5 Å². The molecule has 0 saturated carbocycles. The third kappa shape index (κ3) is 4.04. The van der Waals surface area contributed by atoms with Gasteiger partial charge < -0.3 is 5.32 Å². The Balaban J connectivity index is 1.65. The molecule has 0 aromatic heterocycles. The smallest absolute Gasteiger partial charge is 0.282 e. The summed E-state index contributed by atoms with van der Waals surface area (Å²) in [6.45, 7) is 0.325. The Kier molecular flexibility index (Phi) is 5.62. The van der Waals surface area contributed by atoms with Gasteiger partial charge in [0, 0.05) is 18.3 Å². The maximum atomic E-state index is 13.6. The number of hydrogen-bond donors (Lipinski definition) is 1. The molecule has 3 aromatic carbocycles. The van der Waals surface area contributed by atoms with Gasteiger partial charge in [-0.3, -0.25) is 19.2 Å². The highest BCUT2D eigenvalue weighted by atomic mass is 32.2. The highest BCUT2D eigenvalue weighted by Gasteiger charge is 2.29. The number of nitro groups is 1. The number of fused-ring (bicyclic) bond motifs is 1. The monoisotopic (exact) mass is 455 g/mol. The maximum Gasteiger partial charge on any atom is 0.282 e. The quantitative estimate of drug-likeness (QED) is 0.460. The van der Waals surface area contributed by atoms with Crippen LogP contribution in [0.15, 0.2) is 71.6 Å². The van der Waals surface area contributed by atoms with Gasteiger partial charge in [-0.15, -0.1) is 0 Å². The van der Waals surface area contributed by atoms with E-state index >= 15 is 0 Å². The molecule has 0 atom stereocenters. The number of carbonyl (C=O) groups is 1. The number of halogens is 1. The van der Waals surface area contributed by atoms with Crippen molar-refractivity contribution in [3.05, 3.63) is 93.8 Å². The highest BCUT2D eigenvalue weighted by molar-refractivity contribution is 7.92. The van der Waals surface area contributed by atoms with Crippen LogP contribution < -0.4 is 9.62 Å². The van der Waals surface area contributed by atoms with Crippen molar-refractivity contribution in [2.24, 2.45) is 0 Å². The number of aryl methyl sites for hydroxylation is 1. The van der Waals surface area contributed by atoms with Gasteiger partial charge >= 0.3 is 0 Å². The van der Waals surface area contributed by atoms with E-state index < -0.39 is 37.9 Å². The molecule has 32 heavy (non-hydrogen) atoms. The van der Waals surface area contributed by atoms with Crippen molar-refractivity contribution in [3.63, 3.8) is 0 Å². The van der Waals surface area contributed by atoms with Crippen LogP contribution in [-0.4, -0.2) is 25.8 Å². The summed E-state index contributed by atoms with van der Waals surface area (Å²) in [6.07, 6.45) is 1.46. The van der Waals surface area contributed by atoms with Crippen molar-refractivity contribution in [1.29, 1.82) is 0 Å². The molecule has 1 N–H and O–H groups in total. The molecule has 3 aromatic rings. The number of carbonyl (C=O) groups excluding carboxylic acids is 1. The van der Waals surface area contributed by atoms with E-state index in [1.165, 1.54) is 28.6 Å². The van der Waals surface area contributed by atoms with Gasteiger partial charge in [0.15, 0.2) is 0 Å². The number of benzene rings is 3. The summed E-state index contributed by atoms with van der Waals surface area (Å²) in [6, 6.07) is 15.4. The van der Waals surface area contributed by atoms with Crippen LogP contribution in [0.5, 0.6) is 0 Å². The molecule has 0 radical (unpaired) electrons. The molecule has 0 aliphatic carbocycles. The zero-order valence-corrected chi connectivity index (χ0v) is 17.5. The van der Waals surface area contributed by atoms with Crippen molar-refractivity contribution >= 4 is 33.0 Å². The summed E-state index contributed by atoms with van der Waals surface area (Å²) in [4.78, 5) is 22.9. The Bertz CT molecular complexity index is 1330. The second-order valence-corrected chi connectivity index (χ2v) is 9.07. The zero-order valence-electron chi connectivity index (χ0n) is 16.7. The Hall–Kier alpha value is -3.79. The third-order valence-electron chi connectivity index (χ3n) is 5.15. The number of anilines is 2. The van der Waals surface area contributed by atoms with Crippen molar-refractivity contribution in [2.45, 2.75) is 17.7 Å². The Morgan fingerprint density at radius 2 is 1.84 bits per heavy atom. The van der Waals surface area contributed by atoms with Crippen LogP contribution in [0.1, 0.15) is 22.3 Å². The molecule has 1 heterocycles. The molecule has 1 aliphatic heterocycles. The van der Waals surface area contributed by atoms with E-state index in [4.69, 9.17) is 0 Å². The van der Waals surface area contributed by atoms with Gasteiger partial charge in [-0.2, -0.15) is 0 Å². The molecule has 0 bridgehead atoms. The summed E-state index contributed by atoms with van der Waals surface area (Å²) in [7, 11) is -3.91. The minimum Gasteiger partial charge on any atom is -0.322 e. The Morgan fingerprint density at radius 1 is 1.06 bits per heavy atom. The summed E-state index contributed by atoms with van der Waals surface area (Å²) < 4.78 is 41.5. The predicted octanol–water partition coefficient (Wildman–Crippen LogP) is 4.13. The van der Waals surface area contributed by atoms with Crippen LogP contribution in [0.3, 0.4) is 0 Å². The van der Waals surface area contributed by atoms with Gasteiger partial charge in [-0.1, -0.05) is 24.3 Å². The van der Waals surface area contributed by atoms with Crippen molar-refractivity contribution in [3.8, 4) is 0 Å². The first-order valence-corrected chi connectivity index (χ1v) is 11.2. The number of nitrogens with zero attached hydrogens (tertiary/aromatic N) is 2. The summed E-state index contributed by atoms with van der Waals surface area (Å²) in [5.41, 5.74) is 0.638. The first-order valence-electron chi connectivity index (χ1n) is 9.73. The van der Waals surface area contributed by atoms with Gasteiger partial charge in [0.05, 0.1) is 15.5 Å². The van der Waals surface area contributed by atoms with E-state index in [1.54, 1.807) is 12.1 Å². The van der Waals surface area contributed by atoms with Gasteiger partial charge in [-0.25, -0.2) is 12.8 Å². The van der Waals surface area contributed by atoms with Gasteiger partial charge in [0.1, 0.15) is 11.4 Å². The molecule has 4 rings (SSSR count). The Labute approximate surface area is 183 Å². The van der Waals surface area contributed by atoms with Crippen molar-refractivity contribution < 1.29 is 22.5 Å². The lowest BCUT2D eigenvalue weighted by atomic mass is 10.0. The molecule has 164 valence electrons. The fourth-order valence-electron chi connectivity index (χ4n) is 3.66. The highest BCUT2D eigenvalue weighted by Crippen LogP contribution is 2.32. The van der Waals surface area contributed by atoms with Gasteiger partial charge in [0.25, 0.3) is 21.6 Å². The fraction of sp³-hybridized carbons (Fsp3) is 0.136. The lowest BCUT2D eigenvalue weighted by Crippen LogP contribution is -2.35. The Morgan fingerprint density at radius 3 is 2.62 bits per heavy atom. The molecule has 0 spiro atoms. The van der Waals surface area contributed by atoms with E-state index in [1.807, 2.05) is 12.1 Å². The average molecular weight is 455 g/mol. The number of sulfonamides is 1. The summed E-state index contributed by atoms with van der Waals surface area (Å²) in [5, 5.41) is 13.6. The normalized spacial score (nSPS) is 13.3. The lowest BCUT2D eigenvalue weighted by molar-refractivity contribution is -0.385. The number of hydrogen-bond acceptors (Lipinski definition) is 5. The second-order valence-electron chi connectivity index (χ2n) is 7.21. The van der Waals surface area contributed by atoms with Crippen molar-refractivity contribution in [2.75, 3.05) is 16.2 Å². The molecule has 1 aliphatic rings. The maximum absolute atomic E-state index is 13.6. The second kappa shape index (κ2) is 8.39. The topological polar surface area (TPSA) is 110 Å². The van der Waals surface area contributed by atoms with Crippen LogP contribution in [-0.2, 0) is 16.4 Å². The number of nitrogens with one attached hydrogen (secondary N) is 1. The van der Waals surface area contributed by atoms with Crippen LogP contribution in [0.2, 0.25) is 0 Å². The standard InChI is InChI=1S/C22H18FN3O5S/c23-16-10-11-21(26(28)29)19(13-16)22(27)24-17-7-3-8-18(14-17)32(30,31)25-12-4-6-15-5-1-2-9-20(15)25/h1-3,5,7-11,13-14H,4,6,12H2,(H,24,27). The van der Waals surface area contributed by atoms with Gasteiger partial charge in [-0.05, 0) is 54.8 Å². The number of nitro benzene ring substituents is 1. The third-order valence-corrected chi connectivity index (χ3v) is 6.96. The van der Waals surface area contributed by atoms with E-state index in [-0.39, 0.29) is 10.6 Å². The molecular weight excluding hydrogens is 437 g/mol. The minimum atomic E-state index is -3.91. The number of para-hydroxylation sites is 1. The predicted molar refractivity (Wildman–Crippen MR) is 117 cm³/mol. The SMILES string of the molecule is O=C(Nc1cccc(S(=O)(=O)N2CCCc3ccccc32)c1)c1cc(F)ccc1[N+](=O)[O-]. The minimum absolute atomic E-state index is 0.0410. The number of amides is 1. The molecule has 0 fully saturated rings. The van der Waals surface area contributed by atoms with Crippen LogP contribution >= 0.6 is 0 Å². The van der Waals surface area contributed by atoms with E-state index in [0.29, 0.717) is 18.7 Å². The summed E-state index contributed by atoms with van der Waals surface area (Å²) >= 11 is 0. The molecule has 8 nitrogen and oxygen atoms in total. The molecule has 0 unspecified atom stereocenters. The fourth-order valence-corrected chi connectivity index (χ4v) is 5.25. The average Bonchev–Trinajstić information content (AvgIpc) is 2.78. The molecule has 10 heteroatoms. The number of rotatable bonds is 5. The zero-order chi connectivity index (χ0) is 22.9. The molecule has 1 amide bonds. The van der Waals surface area contributed by atoms with E-state index in [0.717, 1.165) is 30.2 Å².